The van der Waals surface area contributed by atoms with Gasteiger partial charge in [0.1, 0.15) is 11.6 Å². The molecule has 1 aliphatic heterocycles. The van der Waals surface area contributed by atoms with E-state index in [1.807, 2.05) is 12.1 Å². The molecule has 6 nitrogen and oxygen atoms in total. The molecule has 116 valence electrons. The Morgan fingerprint density at radius 2 is 2.04 bits per heavy atom. The summed E-state index contributed by atoms with van der Waals surface area (Å²) < 4.78 is 0. The average molecular weight is 326 g/mol. The summed E-state index contributed by atoms with van der Waals surface area (Å²) in [7, 11) is 0. The van der Waals surface area contributed by atoms with Crippen LogP contribution in [0.25, 0.3) is 5.70 Å². The van der Waals surface area contributed by atoms with Crippen LogP contribution in [0.4, 0.5) is 5.13 Å². The monoisotopic (exact) mass is 326 g/mol. The van der Waals surface area contributed by atoms with Gasteiger partial charge in [-0.15, -0.1) is 10.2 Å². The highest BCUT2D eigenvalue weighted by atomic mass is 32.1. The van der Waals surface area contributed by atoms with Gasteiger partial charge < -0.3 is 0 Å². The van der Waals surface area contributed by atoms with Gasteiger partial charge in [0.05, 0.1) is 0 Å². The van der Waals surface area contributed by atoms with Crippen molar-refractivity contribution in [3.05, 3.63) is 47.0 Å². The summed E-state index contributed by atoms with van der Waals surface area (Å²) in [5.74, 6) is 0.00933. The van der Waals surface area contributed by atoms with Crippen LogP contribution in [0.3, 0.4) is 0 Å². The smallest absolute Gasteiger partial charge is 0.259 e. The molecule has 1 N–H and O–H groups in total. The van der Waals surface area contributed by atoms with Crippen LogP contribution < -0.4 is 5.32 Å². The number of hydrogen-bond donors (Lipinski definition) is 1. The highest BCUT2D eigenvalue weighted by molar-refractivity contribution is 7.15. The molecule has 0 saturated heterocycles. The maximum Gasteiger partial charge on any atom is 0.259 e. The van der Waals surface area contributed by atoms with E-state index in [2.05, 4.69) is 22.1 Å². The second-order valence-corrected chi connectivity index (χ2v) is 6.66. The molecule has 2 aromatic rings. The van der Waals surface area contributed by atoms with Gasteiger partial charge in [-0.2, -0.15) is 0 Å². The molecule has 23 heavy (non-hydrogen) atoms. The first-order chi connectivity index (χ1) is 11.1. The predicted molar refractivity (Wildman–Crippen MR) is 87.0 cm³/mol. The van der Waals surface area contributed by atoms with E-state index in [9.17, 15) is 9.59 Å². The molecule has 2 heterocycles. The maximum atomic E-state index is 12.4. The zero-order valence-corrected chi connectivity index (χ0v) is 13.1. The molecule has 1 fully saturated rings. The van der Waals surface area contributed by atoms with Crippen LogP contribution in [0, 0.1) is 0 Å². The lowest BCUT2D eigenvalue weighted by Crippen LogP contribution is -2.32. The SMILES string of the molecule is C=C1c2ccccc2C(=O)N1CC(=O)Nc1nnc(C2CC2)s1. The van der Waals surface area contributed by atoms with Crippen LogP contribution in [-0.2, 0) is 4.79 Å². The molecule has 1 aliphatic carbocycles. The Morgan fingerprint density at radius 1 is 1.30 bits per heavy atom. The number of nitrogens with one attached hydrogen (secondary N) is 1. The van der Waals surface area contributed by atoms with E-state index in [0.717, 1.165) is 23.4 Å². The van der Waals surface area contributed by atoms with Crippen LogP contribution in [0.15, 0.2) is 30.8 Å². The highest BCUT2D eigenvalue weighted by Crippen LogP contribution is 2.42. The summed E-state index contributed by atoms with van der Waals surface area (Å²) in [6.07, 6.45) is 2.28. The molecule has 0 bridgehead atoms. The molecule has 0 radical (unpaired) electrons. The Bertz CT molecular complexity index is 790. The summed E-state index contributed by atoms with van der Waals surface area (Å²) in [6.45, 7) is 3.84. The van der Waals surface area contributed by atoms with E-state index in [4.69, 9.17) is 0 Å². The molecule has 1 saturated carbocycles. The van der Waals surface area contributed by atoms with Crippen molar-refractivity contribution < 1.29 is 9.59 Å². The van der Waals surface area contributed by atoms with E-state index in [0.29, 0.717) is 22.3 Å². The largest absolute Gasteiger partial charge is 0.299 e. The van der Waals surface area contributed by atoms with Crippen molar-refractivity contribution in [2.45, 2.75) is 18.8 Å². The van der Waals surface area contributed by atoms with Crippen molar-refractivity contribution in [2.75, 3.05) is 11.9 Å². The van der Waals surface area contributed by atoms with Crippen molar-refractivity contribution in [2.24, 2.45) is 0 Å². The van der Waals surface area contributed by atoms with Gasteiger partial charge in [-0.3, -0.25) is 19.8 Å². The third kappa shape index (κ3) is 2.53. The molecule has 0 unspecified atom stereocenters. The van der Waals surface area contributed by atoms with Crippen LogP contribution in [0.5, 0.6) is 0 Å². The Kier molecular flexibility index (Phi) is 3.23. The fourth-order valence-electron chi connectivity index (χ4n) is 2.58. The van der Waals surface area contributed by atoms with Crippen molar-refractivity contribution in [3.63, 3.8) is 0 Å². The number of carbonyl (C=O) groups is 2. The average Bonchev–Trinajstić information content (AvgIpc) is 3.26. The maximum absolute atomic E-state index is 12.4. The lowest BCUT2D eigenvalue weighted by molar-refractivity contribution is -0.116. The molecule has 2 aliphatic rings. The first-order valence-corrected chi connectivity index (χ1v) is 8.18. The van der Waals surface area contributed by atoms with Crippen LogP contribution in [0.2, 0.25) is 0 Å². The Labute approximate surface area is 136 Å². The van der Waals surface area contributed by atoms with Gasteiger partial charge >= 0.3 is 0 Å². The van der Waals surface area contributed by atoms with Crippen molar-refractivity contribution in [1.29, 1.82) is 0 Å². The van der Waals surface area contributed by atoms with Crippen molar-refractivity contribution in [1.82, 2.24) is 15.1 Å². The van der Waals surface area contributed by atoms with Crippen LogP contribution in [-0.4, -0.2) is 33.5 Å². The van der Waals surface area contributed by atoms with E-state index >= 15 is 0 Å². The number of carbonyl (C=O) groups excluding carboxylic acids is 2. The molecule has 2 amide bonds. The summed E-state index contributed by atoms with van der Waals surface area (Å²) >= 11 is 1.40. The van der Waals surface area contributed by atoms with E-state index in [1.165, 1.54) is 16.2 Å². The standard InChI is InChI=1S/C16H14N4O2S/c1-9-11-4-2-3-5-12(11)15(22)20(9)8-13(21)17-16-19-18-14(23-16)10-6-7-10/h2-5,10H,1,6-8H2,(H,17,19,21). The highest BCUT2D eigenvalue weighted by Gasteiger charge is 2.32. The minimum atomic E-state index is -0.300. The normalized spacial score (nSPS) is 16.6. The van der Waals surface area contributed by atoms with Gasteiger partial charge in [-0.25, -0.2) is 0 Å². The Balaban J connectivity index is 1.44. The van der Waals surface area contributed by atoms with E-state index in [-0.39, 0.29) is 18.4 Å². The number of fused-ring (bicyclic) bond motifs is 1. The summed E-state index contributed by atoms with van der Waals surface area (Å²) in [5, 5.41) is 12.2. The molecule has 4 rings (SSSR count). The quantitative estimate of drug-likeness (QED) is 0.936. The van der Waals surface area contributed by atoms with E-state index < -0.39 is 0 Å². The minimum absolute atomic E-state index is 0.0787. The second kappa shape index (κ2) is 5.27. The molecule has 0 atom stereocenters. The number of benzene rings is 1. The predicted octanol–water partition coefficient (Wildman–Crippen LogP) is 2.48. The number of aromatic nitrogens is 2. The van der Waals surface area contributed by atoms with Crippen molar-refractivity contribution in [3.8, 4) is 0 Å². The van der Waals surface area contributed by atoms with Gasteiger partial charge in [-0.1, -0.05) is 36.1 Å². The lowest BCUT2D eigenvalue weighted by atomic mass is 10.1. The second-order valence-electron chi connectivity index (χ2n) is 5.65. The Morgan fingerprint density at radius 3 is 2.74 bits per heavy atom. The number of nitrogens with zero attached hydrogens (tertiary/aromatic N) is 3. The lowest BCUT2D eigenvalue weighted by Gasteiger charge is -2.16. The molecule has 1 aromatic heterocycles. The molecule has 1 aromatic carbocycles. The zero-order chi connectivity index (χ0) is 16.0. The Hall–Kier alpha value is -2.54. The zero-order valence-electron chi connectivity index (χ0n) is 12.3. The van der Waals surface area contributed by atoms with Crippen LogP contribution >= 0.6 is 11.3 Å². The number of hydrogen-bond acceptors (Lipinski definition) is 5. The van der Waals surface area contributed by atoms with Gasteiger partial charge in [0.2, 0.25) is 11.0 Å². The number of rotatable bonds is 4. The topological polar surface area (TPSA) is 75.2 Å². The molecular weight excluding hydrogens is 312 g/mol. The fourth-order valence-corrected chi connectivity index (χ4v) is 3.51. The third-order valence-corrected chi connectivity index (χ3v) is 4.96. The van der Waals surface area contributed by atoms with Gasteiger partial charge in [0.15, 0.2) is 0 Å². The minimum Gasteiger partial charge on any atom is -0.299 e. The number of anilines is 1. The summed E-state index contributed by atoms with van der Waals surface area (Å²) in [4.78, 5) is 25.9. The fraction of sp³-hybridized carbons (Fsp3) is 0.250. The summed E-state index contributed by atoms with van der Waals surface area (Å²) in [5.41, 5.74) is 1.91. The van der Waals surface area contributed by atoms with E-state index in [1.54, 1.807) is 12.1 Å². The summed E-state index contributed by atoms with van der Waals surface area (Å²) in [6, 6.07) is 7.23. The van der Waals surface area contributed by atoms with Gasteiger partial charge in [-0.05, 0) is 18.9 Å². The molecule has 0 spiro atoms. The third-order valence-electron chi connectivity index (χ3n) is 3.95. The first kappa shape index (κ1) is 14.1. The van der Waals surface area contributed by atoms with Crippen molar-refractivity contribution >= 4 is 34.0 Å². The molecular formula is C16H14N4O2S. The first-order valence-electron chi connectivity index (χ1n) is 7.37. The van der Waals surface area contributed by atoms with Gasteiger partial charge in [0, 0.05) is 22.7 Å². The van der Waals surface area contributed by atoms with Crippen LogP contribution in [0.1, 0.15) is 39.7 Å². The molecule has 7 heteroatoms. The number of amides is 2. The van der Waals surface area contributed by atoms with Gasteiger partial charge in [0.25, 0.3) is 5.91 Å².